The molecule has 1 aliphatic heterocycles. The second kappa shape index (κ2) is 7.56. The number of benzene rings is 1. The molecule has 5 nitrogen and oxygen atoms in total. The first-order valence-electron chi connectivity index (χ1n) is 8.31. The molecule has 1 unspecified atom stereocenters. The van der Waals surface area contributed by atoms with Crippen molar-refractivity contribution in [3.8, 4) is 5.69 Å². The molecular weight excluding hydrogens is 391 g/mol. The number of carbonyl (C=O) groups is 1. The van der Waals surface area contributed by atoms with Crippen molar-refractivity contribution in [1.29, 1.82) is 0 Å². The van der Waals surface area contributed by atoms with Crippen molar-refractivity contribution in [2.75, 3.05) is 19.6 Å². The summed E-state index contributed by atoms with van der Waals surface area (Å²) in [5, 5.41) is 9.63. The van der Waals surface area contributed by atoms with Crippen molar-refractivity contribution in [2.24, 2.45) is 0 Å². The van der Waals surface area contributed by atoms with Gasteiger partial charge in [0.25, 0.3) is 5.91 Å². The van der Waals surface area contributed by atoms with Crippen molar-refractivity contribution in [3.05, 3.63) is 45.9 Å². The molecule has 1 atom stereocenters. The Labute approximate surface area is 167 Å². The first-order valence-corrected chi connectivity index (χ1v) is 9.51. The standard InChI is InChI=1S/C18H19ClN4OS.ClH/c1-11-10-20-6-7-22(11)17(24)16-9-15-12(2)21-23(18(15)25-16)14-5-3-4-13(19)8-14;/h3-5,8-9,11,20H,6-7,10H2,1-2H3;1H. The van der Waals surface area contributed by atoms with E-state index in [9.17, 15) is 4.79 Å². The van der Waals surface area contributed by atoms with Crippen LogP contribution in [0.25, 0.3) is 15.9 Å². The van der Waals surface area contributed by atoms with E-state index < -0.39 is 0 Å². The van der Waals surface area contributed by atoms with E-state index in [0.717, 1.165) is 46.1 Å². The van der Waals surface area contributed by atoms with Crippen LogP contribution < -0.4 is 5.32 Å². The predicted octanol–water partition coefficient (Wildman–Crippen LogP) is 3.90. The smallest absolute Gasteiger partial charge is 0.264 e. The Hall–Kier alpha value is -1.60. The molecule has 3 heterocycles. The molecule has 1 fully saturated rings. The van der Waals surface area contributed by atoms with E-state index in [1.807, 2.05) is 46.8 Å². The van der Waals surface area contributed by atoms with Crippen LogP contribution in [-0.2, 0) is 0 Å². The molecular formula is C18H20Cl2N4OS. The van der Waals surface area contributed by atoms with Gasteiger partial charge in [0.2, 0.25) is 0 Å². The summed E-state index contributed by atoms with van der Waals surface area (Å²) in [6, 6.07) is 9.78. The summed E-state index contributed by atoms with van der Waals surface area (Å²) < 4.78 is 1.87. The first-order chi connectivity index (χ1) is 12.0. The van der Waals surface area contributed by atoms with Crippen LogP contribution in [-0.4, -0.2) is 46.3 Å². The van der Waals surface area contributed by atoms with Crippen LogP contribution in [0.15, 0.2) is 30.3 Å². The maximum absolute atomic E-state index is 12.9. The minimum absolute atomic E-state index is 0. The van der Waals surface area contributed by atoms with E-state index in [4.69, 9.17) is 11.6 Å². The summed E-state index contributed by atoms with van der Waals surface area (Å²) in [4.78, 5) is 16.6. The zero-order chi connectivity index (χ0) is 17.6. The number of hydrogen-bond donors (Lipinski definition) is 1. The summed E-state index contributed by atoms with van der Waals surface area (Å²) in [6.07, 6.45) is 0. The molecule has 0 aliphatic carbocycles. The van der Waals surface area contributed by atoms with Crippen LogP contribution in [0, 0.1) is 6.92 Å². The van der Waals surface area contributed by atoms with Crippen LogP contribution in [0.2, 0.25) is 5.02 Å². The Bertz CT molecular complexity index is 952. The molecule has 0 spiro atoms. The number of rotatable bonds is 2. The fourth-order valence-electron chi connectivity index (χ4n) is 3.22. The summed E-state index contributed by atoms with van der Waals surface area (Å²) >= 11 is 7.62. The van der Waals surface area contributed by atoms with Gasteiger partial charge >= 0.3 is 0 Å². The van der Waals surface area contributed by atoms with E-state index in [0.29, 0.717) is 5.02 Å². The Balaban J connectivity index is 0.00000196. The maximum atomic E-state index is 12.9. The van der Waals surface area contributed by atoms with Gasteiger partial charge in [-0.15, -0.1) is 23.7 Å². The molecule has 0 bridgehead atoms. The van der Waals surface area contributed by atoms with Crippen molar-refractivity contribution in [2.45, 2.75) is 19.9 Å². The first kappa shape index (κ1) is 19.2. The van der Waals surface area contributed by atoms with Crippen molar-refractivity contribution in [3.63, 3.8) is 0 Å². The van der Waals surface area contributed by atoms with Gasteiger partial charge in [0.1, 0.15) is 4.83 Å². The third kappa shape index (κ3) is 3.34. The SMILES string of the molecule is Cc1nn(-c2cccc(Cl)c2)c2sc(C(=O)N3CCNCC3C)cc12.Cl. The fourth-order valence-corrected chi connectivity index (χ4v) is 4.54. The van der Waals surface area contributed by atoms with Gasteiger partial charge in [-0.3, -0.25) is 4.79 Å². The van der Waals surface area contributed by atoms with Crippen LogP contribution >= 0.6 is 35.3 Å². The van der Waals surface area contributed by atoms with Gasteiger partial charge in [0.15, 0.2) is 0 Å². The highest BCUT2D eigenvalue weighted by Gasteiger charge is 2.26. The minimum Gasteiger partial charge on any atom is -0.333 e. The van der Waals surface area contributed by atoms with E-state index in [-0.39, 0.29) is 24.4 Å². The van der Waals surface area contributed by atoms with E-state index in [1.165, 1.54) is 11.3 Å². The number of fused-ring (bicyclic) bond motifs is 1. The van der Waals surface area contributed by atoms with E-state index in [1.54, 1.807) is 0 Å². The average molecular weight is 411 g/mol. The number of halogens is 2. The zero-order valence-electron chi connectivity index (χ0n) is 14.5. The summed E-state index contributed by atoms with van der Waals surface area (Å²) in [6.45, 7) is 6.48. The Kier molecular flexibility index (Phi) is 5.58. The highest BCUT2D eigenvalue weighted by Crippen LogP contribution is 2.32. The van der Waals surface area contributed by atoms with Gasteiger partial charge in [0, 0.05) is 36.1 Å². The Morgan fingerprint density at radius 3 is 2.92 bits per heavy atom. The topological polar surface area (TPSA) is 50.2 Å². The highest BCUT2D eigenvalue weighted by atomic mass is 35.5. The van der Waals surface area contributed by atoms with Crippen LogP contribution in [0.3, 0.4) is 0 Å². The second-order valence-corrected chi connectivity index (χ2v) is 7.83. The van der Waals surface area contributed by atoms with Crippen LogP contribution in [0.1, 0.15) is 22.3 Å². The number of hydrogen-bond acceptors (Lipinski definition) is 4. The highest BCUT2D eigenvalue weighted by molar-refractivity contribution is 7.20. The molecule has 0 saturated carbocycles. The lowest BCUT2D eigenvalue weighted by molar-refractivity contribution is 0.0661. The molecule has 1 amide bonds. The number of nitrogens with one attached hydrogen (secondary N) is 1. The van der Waals surface area contributed by atoms with Crippen molar-refractivity contribution < 1.29 is 4.79 Å². The molecule has 0 radical (unpaired) electrons. The molecule has 3 aromatic rings. The third-order valence-electron chi connectivity index (χ3n) is 4.57. The Morgan fingerprint density at radius 1 is 1.38 bits per heavy atom. The lowest BCUT2D eigenvalue weighted by atomic mass is 10.2. The third-order valence-corrected chi connectivity index (χ3v) is 5.90. The zero-order valence-corrected chi connectivity index (χ0v) is 16.9. The van der Waals surface area contributed by atoms with Crippen LogP contribution in [0.4, 0.5) is 0 Å². The molecule has 1 saturated heterocycles. The molecule has 2 aromatic heterocycles. The van der Waals surface area contributed by atoms with Gasteiger partial charge in [-0.1, -0.05) is 17.7 Å². The van der Waals surface area contributed by atoms with Gasteiger partial charge < -0.3 is 10.2 Å². The maximum Gasteiger partial charge on any atom is 0.264 e. The largest absolute Gasteiger partial charge is 0.333 e. The lowest BCUT2D eigenvalue weighted by Crippen LogP contribution is -2.52. The lowest BCUT2D eigenvalue weighted by Gasteiger charge is -2.33. The van der Waals surface area contributed by atoms with Gasteiger partial charge in [-0.05, 0) is 38.1 Å². The van der Waals surface area contributed by atoms with E-state index in [2.05, 4.69) is 17.3 Å². The monoisotopic (exact) mass is 410 g/mol. The average Bonchev–Trinajstić information content (AvgIpc) is 3.16. The number of carbonyl (C=O) groups excluding carboxylic acids is 1. The van der Waals surface area contributed by atoms with E-state index >= 15 is 0 Å². The molecule has 1 aliphatic rings. The second-order valence-electron chi connectivity index (χ2n) is 6.36. The summed E-state index contributed by atoms with van der Waals surface area (Å²) in [5.41, 5.74) is 1.82. The number of aryl methyl sites for hydroxylation is 1. The number of piperazine rings is 1. The fraction of sp³-hybridized carbons (Fsp3) is 0.333. The summed E-state index contributed by atoms with van der Waals surface area (Å²) in [5.74, 6) is 0.104. The Morgan fingerprint density at radius 2 is 2.19 bits per heavy atom. The number of aromatic nitrogens is 2. The normalized spacial score (nSPS) is 17.3. The van der Waals surface area contributed by atoms with Gasteiger partial charge in [-0.2, -0.15) is 5.10 Å². The van der Waals surface area contributed by atoms with Crippen molar-refractivity contribution in [1.82, 2.24) is 20.0 Å². The molecule has 26 heavy (non-hydrogen) atoms. The van der Waals surface area contributed by atoms with Crippen molar-refractivity contribution >= 4 is 51.5 Å². The number of thiophene rings is 1. The van der Waals surface area contributed by atoms with Crippen LogP contribution in [0.5, 0.6) is 0 Å². The molecule has 1 N–H and O–H groups in total. The predicted molar refractivity (Wildman–Crippen MR) is 109 cm³/mol. The quantitative estimate of drug-likeness (QED) is 0.696. The molecule has 1 aromatic carbocycles. The number of nitrogens with zero attached hydrogens (tertiary/aromatic N) is 3. The number of amides is 1. The van der Waals surface area contributed by atoms with Gasteiger partial charge in [-0.25, -0.2) is 4.68 Å². The van der Waals surface area contributed by atoms with Gasteiger partial charge in [0.05, 0.1) is 16.3 Å². The molecule has 138 valence electrons. The minimum atomic E-state index is 0. The summed E-state index contributed by atoms with van der Waals surface area (Å²) in [7, 11) is 0. The molecule has 4 rings (SSSR count). The molecule has 8 heteroatoms.